The fraction of sp³-hybridized carbons (Fsp3) is 0.250. The molecule has 0 unspecified atom stereocenters. The van der Waals surface area contributed by atoms with Gasteiger partial charge in [-0.1, -0.05) is 29.3 Å². The fourth-order valence-electron chi connectivity index (χ4n) is 3.19. The SMILES string of the molecule is O=C(COc1ncnc2c(Cl)cc(Cl)cc12)Nc1cccc(S(=O)(=O)N2CCOCC2)c1. The predicted octanol–water partition coefficient (Wildman–Crippen LogP) is 2.98. The number of halogens is 2. The molecule has 3 aromatic rings. The molecule has 1 fully saturated rings. The Balaban J connectivity index is 1.45. The Kier molecular flexibility index (Phi) is 6.77. The lowest BCUT2D eigenvalue weighted by Crippen LogP contribution is -2.40. The second-order valence-corrected chi connectivity index (χ2v) is 9.63. The average Bonchev–Trinajstić information content (AvgIpc) is 2.78. The van der Waals surface area contributed by atoms with Crippen LogP contribution >= 0.6 is 23.2 Å². The summed E-state index contributed by atoms with van der Waals surface area (Å²) < 4.78 is 37.7. The molecule has 1 aliphatic heterocycles. The van der Waals surface area contributed by atoms with Crippen LogP contribution in [-0.4, -0.2) is 61.5 Å². The van der Waals surface area contributed by atoms with Crippen LogP contribution in [0.5, 0.6) is 5.88 Å². The van der Waals surface area contributed by atoms with Crippen molar-refractivity contribution in [3.05, 3.63) is 52.8 Å². The Morgan fingerprint density at radius 3 is 2.72 bits per heavy atom. The van der Waals surface area contributed by atoms with E-state index in [-0.39, 0.29) is 30.5 Å². The number of hydrogen-bond acceptors (Lipinski definition) is 7. The molecule has 1 aromatic heterocycles. The molecular weight excluding hydrogens is 479 g/mol. The number of amides is 1. The minimum Gasteiger partial charge on any atom is -0.467 e. The number of hydrogen-bond donors (Lipinski definition) is 1. The Morgan fingerprint density at radius 2 is 1.94 bits per heavy atom. The summed E-state index contributed by atoms with van der Waals surface area (Å²) in [6.45, 7) is 0.903. The maximum Gasteiger partial charge on any atom is 0.262 e. The molecule has 12 heteroatoms. The first-order valence-electron chi connectivity index (χ1n) is 9.55. The number of sulfonamides is 1. The Labute approximate surface area is 194 Å². The summed E-state index contributed by atoms with van der Waals surface area (Å²) in [4.78, 5) is 20.6. The van der Waals surface area contributed by atoms with Gasteiger partial charge in [0.2, 0.25) is 15.9 Å². The summed E-state index contributed by atoms with van der Waals surface area (Å²) >= 11 is 12.2. The van der Waals surface area contributed by atoms with Crippen LogP contribution in [0, 0.1) is 0 Å². The predicted molar refractivity (Wildman–Crippen MR) is 120 cm³/mol. The molecule has 168 valence electrons. The zero-order chi connectivity index (χ0) is 22.7. The fourth-order valence-corrected chi connectivity index (χ4v) is 5.18. The molecule has 0 radical (unpaired) electrons. The number of nitrogens with one attached hydrogen (secondary N) is 1. The second-order valence-electron chi connectivity index (χ2n) is 6.84. The van der Waals surface area contributed by atoms with Crippen LogP contribution < -0.4 is 10.1 Å². The molecule has 1 amide bonds. The third-order valence-corrected chi connectivity index (χ3v) is 7.09. The number of nitrogens with zero attached hydrogens (tertiary/aromatic N) is 3. The van der Waals surface area contributed by atoms with E-state index in [0.29, 0.717) is 39.8 Å². The molecule has 1 N–H and O–H groups in total. The summed E-state index contributed by atoms with van der Waals surface area (Å²) in [6, 6.07) is 9.18. The van der Waals surface area contributed by atoms with Crippen molar-refractivity contribution in [2.45, 2.75) is 4.90 Å². The van der Waals surface area contributed by atoms with E-state index >= 15 is 0 Å². The number of carbonyl (C=O) groups excluding carboxylic acids is 1. The van der Waals surface area contributed by atoms with Gasteiger partial charge in [-0.3, -0.25) is 4.79 Å². The van der Waals surface area contributed by atoms with Crippen molar-refractivity contribution in [1.82, 2.24) is 14.3 Å². The second kappa shape index (κ2) is 9.55. The summed E-state index contributed by atoms with van der Waals surface area (Å²) in [5.74, 6) is -0.344. The first kappa shape index (κ1) is 22.7. The lowest BCUT2D eigenvalue weighted by Gasteiger charge is -2.26. The van der Waals surface area contributed by atoms with E-state index in [0.717, 1.165) is 0 Å². The number of fused-ring (bicyclic) bond motifs is 1. The molecule has 2 aromatic carbocycles. The number of carbonyl (C=O) groups is 1. The molecule has 0 aliphatic carbocycles. The molecular formula is C20H18Cl2N4O5S. The van der Waals surface area contributed by atoms with Crippen LogP contribution in [0.1, 0.15) is 0 Å². The molecule has 0 bridgehead atoms. The van der Waals surface area contributed by atoms with E-state index in [1.54, 1.807) is 24.3 Å². The zero-order valence-corrected chi connectivity index (χ0v) is 19.0. The van der Waals surface area contributed by atoms with Crippen LogP contribution in [0.4, 0.5) is 5.69 Å². The number of aromatic nitrogens is 2. The highest BCUT2D eigenvalue weighted by Gasteiger charge is 2.26. The highest BCUT2D eigenvalue weighted by atomic mass is 35.5. The molecule has 4 rings (SSSR count). The smallest absolute Gasteiger partial charge is 0.262 e. The molecule has 0 spiro atoms. The van der Waals surface area contributed by atoms with Crippen LogP contribution in [-0.2, 0) is 19.6 Å². The van der Waals surface area contributed by atoms with Gasteiger partial charge in [-0.25, -0.2) is 18.4 Å². The van der Waals surface area contributed by atoms with E-state index < -0.39 is 15.9 Å². The van der Waals surface area contributed by atoms with Gasteiger partial charge >= 0.3 is 0 Å². The van der Waals surface area contributed by atoms with Crippen molar-refractivity contribution in [2.24, 2.45) is 0 Å². The van der Waals surface area contributed by atoms with Crippen LogP contribution in [0.2, 0.25) is 10.0 Å². The largest absolute Gasteiger partial charge is 0.467 e. The van der Waals surface area contributed by atoms with E-state index in [1.165, 1.54) is 22.8 Å². The normalized spacial score (nSPS) is 14.9. The lowest BCUT2D eigenvalue weighted by molar-refractivity contribution is -0.118. The number of morpholine rings is 1. The van der Waals surface area contributed by atoms with Crippen LogP contribution in [0.3, 0.4) is 0 Å². The van der Waals surface area contributed by atoms with Crippen molar-refractivity contribution in [3.63, 3.8) is 0 Å². The molecule has 1 saturated heterocycles. The summed E-state index contributed by atoms with van der Waals surface area (Å²) in [5, 5.41) is 3.82. The van der Waals surface area contributed by atoms with Crippen molar-refractivity contribution < 1.29 is 22.7 Å². The van der Waals surface area contributed by atoms with E-state index in [2.05, 4.69) is 15.3 Å². The monoisotopic (exact) mass is 496 g/mol. The maximum atomic E-state index is 12.8. The van der Waals surface area contributed by atoms with E-state index in [9.17, 15) is 13.2 Å². The number of anilines is 1. The van der Waals surface area contributed by atoms with E-state index in [4.69, 9.17) is 32.7 Å². The van der Waals surface area contributed by atoms with Gasteiger partial charge in [-0.05, 0) is 30.3 Å². The highest BCUT2D eigenvalue weighted by Crippen LogP contribution is 2.30. The molecule has 2 heterocycles. The van der Waals surface area contributed by atoms with Gasteiger partial charge in [0.05, 0.1) is 34.0 Å². The summed E-state index contributed by atoms with van der Waals surface area (Å²) in [5.41, 5.74) is 0.772. The topological polar surface area (TPSA) is 111 Å². The zero-order valence-electron chi connectivity index (χ0n) is 16.6. The Morgan fingerprint density at radius 1 is 1.16 bits per heavy atom. The van der Waals surface area contributed by atoms with Crippen LogP contribution in [0.25, 0.3) is 10.9 Å². The average molecular weight is 497 g/mol. The third kappa shape index (κ3) is 4.94. The van der Waals surface area contributed by atoms with Gasteiger partial charge in [0.1, 0.15) is 6.33 Å². The lowest BCUT2D eigenvalue weighted by atomic mass is 10.2. The van der Waals surface area contributed by atoms with Crippen LogP contribution in [0.15, 0.2) is 47.6 Å². The molecule has 0 saturated carbocycles. The van der Waals surface area contributed by atoms with Gasteiger partial charge in [0.15, 0.2) is 6.61 Å². The Bertz CT molecular complexity index is 1270. The van der Waals surface area contributed by atoms with Crippen molar-refractivity contribution >= 4 is 55.7 Å². The highest BCUT2D eigenvalue weighted by molar-refractivity contribution is 7.89. The van der Waals surface area contributed by atoms with Crippen molar-refractivity contribution in [3.8, 4) is 5.88 Å². The van der Waals surface area contributed by atoms with Gasteiger partial charge in [-0.15, -0.1) is 0 Å². The summed E-state index contributed by atoms with van der Waals surface area (Å²) in [7, 11) is -3.68. The van der Waals surface area contributed by atoms with Gasteiger partial charge in [-0.2, -0.15) is 4.31 Å². The number of rotatable bonds is 6. The summed E-state index contributed by atoms with van der Waals surface area (Å²) in [6.07, 6.45) is 1.27. The molecule has 32 heavy (non-hydrogen) atoms. The standard InChI is InChI=1S/C20H18Cl2N4O5S/c21-13-8-16-19(17(22)9-13)23-12-24-20(16)31-11-18(27)25-14-2-1-3-15(10-14)32(28,29)26-4-6-30-7-5-26/h1-3,8-10,12H,4-7,11H2,(H,25,27). The Hall–Kier alpha value is -2.50. The van der Waals surface area contributed by atoms with E-state index in [1.807, 2.05) is 0 Å². The van der Waals surface area contributed by atoms with Crippen molar-refractivity contribution in [2.75, 3.05) is 38.2 Å². The minimum absolute atomic E-state index is 0.0872. The van der Waals surface area contributed by atoms with Gasteiger partial charge in [0, 0.05) is 23.8 Å². The first-order chi connectivity index (χ1) is 15.3. The first-order valence-corrected chi connectivity index (χ1v) is 11.7. The molecule has 0 atom stereocenters. The number of benzene rings is 2. The van der Waals surface area contributed by atoms with Gasteiger partial charge < -0.3 is 14.8 Å². The quantitative estimate of drug-likeness (QED) is 0.558. The minimum atomic E-state index is -3.68. The maximum absolute atomic E-state index is 12.8. The molecule has 9 nitrogen and oxygen atoms in total. The number of ether oxygens (including phenoxy) is 2. The molecule has 1 aliphatic rings. The third-order valence-electron chi connectivity index (χ3n) is 4.69. The van der Waals surface area contributed by atoms with Crippen molar-refractivity contribution in [1.29, 1.82) is 0 Å². The van der Waals surface area contributed by atoms with Gasteiger partial charge in [0.25, 0.3) is 5.91 Å².